The summed E-state index contributed by atoms with van der Waals surface area (Å²) in [6.45, 7) is 1.23. The molecule has 0 amide bonds. The van der Waals surface area contributed by atoms with Gasteiger partial charge in [0.15, 0.2) is 11.5 Å². The van der Waals surface area contributed by atoms with Crippen LogP contribution in [0.2, 0.25) is 0 Å². The zero-order chi connectivity index (χ0) is 13.2. The van der Waals surface area contributed by atoms with Crippen LogP contribution in [0.1, 0.15) is 16.8 Å². The summed E-state index contributed by atoms with van der Waals surface area (Å²) in [6.07, 6.45) is -0.407. The van der Waals surface area contributed by atoms with Gasteiger partial charge in [0, 0.05) is 6.42 Å². The number of fused-ring (bicyclic) bond motifs is 1. The molecule has 0 N–H and O–H groups in total. The first-order chi connectivity index (χ1) is 9.24. The van der Waals surface area contributed by atoms with Gasteiger partial charge < -0.3 is 18.9 Å². The van der Waals surface area contributed by atoms with E-state index >= 15 is 0 Å². The summed E-state index contributed by atoms with van der Waals surface area (Å²) in [6, 6.07) is 4.78. The number of hydrogen-bond acceptors (Lipinski definition) is 6. The highest BCUT2D eigenvalue weighted by atomic mass is 16.6. The predicted molar refractivity (Wildman–Crippen MR) is 62.2 cm³/mol. The molecule has 1 saturated heterocycles. The van der Waals surface area contributed by atoms with Crippen molar-refractivity contribution in [3.63, 3.8) is 0 Å². The number of ether oxygens (including phenoxy) is 4. The van der Waals surface area contributed by atoms with Gasteiger partial charge >= 0.3 is 11.9 Å². The molecule has 3 rings (SSSR count). The molecule has 1 aromatic carbocycles. The Bertz CT molecular complexity index is 524. The summed E-state index contributed by atoms with van der Waals surface area (Å²) < 4.78 is 20.6. The smallest absolute Gasteiger partial charge is 0.347 e. The van der Waals surface area contributed by atoms with Crippen LogP contribution in [0.4, 0.5) is 0 Å². The maximum absolute atomic E-state index is 11.9. The molecule has 0 aromatic heterocycles. The van der Waals surface area contributed by atoms with Gasteiger partial charge in [-0.25, -0.2) is 9.59 Å². The molecule has 0 saturated carbocycles. The summed E-state index contributed by atoms with van der Waals surface area (Å²) >= 11 is 0. The molecule has 1 atom stereocenters. The summed E-state index contributed by atoms with van der Waals surface area (Å²) in [7, 11) is 0. The Hall–Kier alpha value is -2.24. The lowest BCUT2D eigenvalue weighted by atomic mass is 10.2. The van der Waals surface area contributed by atoms with Gasteiger partial charge in [-0.1, -0.05) is 0 Å². The highest BCUT2D eigenvalue weighted by Crippen LogP contribution is 2.31. The third-order valence-corrected chi connectivity index (χ3v) is 2.91. The van der Waals surface area contributed by atoms with E-state index in [1.54, 1.807) is 18.2 Å². The molecule has 0 radical (unpaired) electrons. The predicted octanol–water partition coefficient (Wildman–Crippen LogP) is 0.930. The lowest BCUT2D eigenvalue weighted by Gasteiger charge is -2.18. The lowest BCUT2D eigenvalue weighted by Crippen LogP contribution is -2.23. The second-order valence-corrected chi connectivity index (χ2v) is 4.21. The Kier molecular flexibility index (Phi) is 2.98. The third-order valence-electron chi connectivity index (χ3n) is 2.91. The Morgan fingerprint density at radius 3 is 2.63 bits per heavy atom. The van der Waals surface area contributed by atoms with Crippen molar-refractivity contribution in [3.8, 4) is 11.5 Å². The molecule has 1 fully saturated rings. The molecule has 0 bridgehead atoms. The van der Waals surface area contributed by atoms with Crippen molar-refractivity contribution >= 4 is 11.9 Å². The molecule has 1 aromatic rings. The van der Waals surface area contributed by atoms with E-state index in [4.69, 9.17) is 18.9 Å². The minimum Gasteiger partial charge on any atom is -0.486 e. The first kappa shape index (κ1) is 11.8. The molecule has 6 heteroatoms. The molecule has 0 unspecified atom stereocenters. The van der Waals surface area contributed by atoms with Gasteiger partial charge in [0.25, 0.3) is 0 Å². The number of carbonyl (C=O) groups is 2. The Morgan fingerprint density at radius 1 is 1.11 bits per heavy atom. The van der Waals surface area contributed by atoms with E-state index < -0.39 is 18.0 Å². The summed E-state index contributed by atoms with van der Waals surface area (Å²) in [5, 5.41) is 0. The fraction of sp³-hybridized carbons (Fsp3) is 0.385. The van der Waals surface area contributed by atoms with E-state index in [0.717, 1.165) is 0 Å². The van der Waals surface area contributed by atoms with Crippen molar-refractivity contribution in [2.45, 2.75) is 12.5 Å². The highest BCUT2D eigenvalue weighted by molar-refractivity contribution is 5.92. The summed E-state index contributed by atoms with van der Waals surface area (Å²) in [5.74, 6) is 0.0458. The minimum atomic E-state index is -0.805. The number of esters is 2. The molecule has 0 spiro atoms. The fourth-order valence-electron chi connectivity index (χ4n) is 1.95. The second-order valence-electron chi connectivity index (χ2n) is 4.21. The van der Waals surface area contributed by atoms with Crippen molar-refractivity contribution in [1.29, 1.82) is 0 Å². The van der Waals surface area contributed by atoms with E-state index in [1.807, 2.05) is 0 Å². The van der Waals surface area contributed by atoms with E-state index in [0.29, 0.717) is 36.7 Å². The van der Waals surface area contributed by atoms with Crippen molar-refractivity contribution in [1.82, 2.24) is 0 Å². The van der Waals surface area contributed by atoms with Crippen LogP contribution in [-0.2, 0) is 14.3 Å². The molecule has 2 aliphatic rings. The van der Waals surface area contributed by atoms with Crippen LogP contribution < -0.4 is 9.47 Å². The van der Waals surface area contributed by atoms with Gasteiger partial charge in [-0.3, -0.25) is 0 Å². The van der Waals surface area contributed by atoms with Crippen molar-refractivity contribution < 1.29 is 28.5 Å². The molecule has 19 heavy (non-hydrogen) atoms. The van der Waals surface area contributed by atoms with Crippen LogP contribution in [-0.4, -0.2) is 37.9 Å². The van der Waals surface area contributed by atoms with E-state index in [2.05, 4.69) is 0 Å². The number of carbonyl (C=O) groups excluding carboxylic acids is 2. The van der Waals surface area contributed by atoms with Crippen LogP contribution in [0, 0.1) is 0 Å². The molecule has 6 nitrogen and oxygen atoms in total. The zero-order valence-electron chi connectivity index (χ0n) is 10.1. The van der Waals surface area contributed by atoms with E-state index in [9.17, 15) is 9.59 Å². The third kappa shape index (κ3) is 2.33. The fourth-order valence-corrected chi connectivity index (χ4v) is 1.95. The van der Waals surface area contributed by atoms with E-state index in [-0.39, 0.29) is 6.61 Å². The minimum absolute atomic E-state index is 0.290. The van der Waals surface area contributed by atoms with Gasteiger partial charge in [-0.05, 0) is 18.2 Å². The van der Waals surface area contributed by atoms with Gasteiger partial charge in [-0.2, -0.15) is 0 Å². The number of benzene rings is 1. The van der Waals surface area contributed by atoms with Gasteiger partial charge in [0.05, 0.1) is 12.2 Å². The monoisotopic (exact) mass is 264 g/mol. The van der Waals surface area contributed by atoms with Crippen molar-refractivity contribution in [3.05, 3.63) is 23.8 Å². The number of cyclic esters (lactones) is 1. The zero-order valence-corrected chi connectivity index (χ0v) is 10.1. The molecule has 100 valence electrons. The Labute approximate surface area is 109 Å². The quantitative estimate of drug-likeness (QED) is 0.740. The summed E-state index contributed by atoms with van der Waals surface area (Å²) in [5.41, 5.74) is 0.323. The van der Waals surface area contributed by atoms with Gasteiger partial charge in [0.1, 0.15) is 13.2 Å². The van der Waals surface area contributed by atoms with Crippen LogP contribution in [0.5, 0.6) is 11.5 Å². The van der Waals surface area contributed by atoms with Crippen LogP contribution in [0.3, 0.4) is 0 Å². The lowest BCUT2D eigenvalue weighted by molar-refractivity contribution is -0.145. The van der Waals surface area contributed by atoms with Crippen LogP contribution in [0.25, 0.3) is 0 Å². The second kappa shape index (κ2) is 4.79. The van der Waals surface area contributed by atoms with Crippen molar-refractivity contribution in [2.24, 2.45) is 0 Å². The topological polar surface area (TPSA) is 71.1 Å². The summed E-state index contributed by atoms with van der Waals surface area (Å²) in [4.78, 5) is 23.1. The van der Waals surface area contributed by atoms with E-state index in [1.165, 1.54) is 0 Å². The van der Waals surface area contributed by atoms with Gasteiger partial charge in [-0.15, -0.1) is 0 Å². The first-order valence-corrected chi connectivity index (χ1v) is 6.01. The Morgan fingerprint density at radius 2 is 1.89 bits per heavy atom. The average Bonchev–Trinajstić information content (AvgIpc) is 2.84. The van der Waals surface area contributed by atoms with Crippen LogP contribution in [0.15, 0.2) is 18.2 Å². The normalized spacial score (nSPS) is 20.8. The standard InChI is InChI=1S/C13H12O6/c14-12(19-10-3-4-18-13(10)15)8-1-2-9-11(7-8)17-6-5-16-9/h1-2,7,10H,3-6H2/t10-/m0/s1. The van der Waals surface area contributed by atoms with Crippen LogP contribution >= 0.6 is 0 Å². The number of hydrogen-bond donors (Lipinski definition) is 0. The average molecular weight is 264 g/mol. The molecule has 0 aliphatic carbocycles. The van der Waals surface area contributed by atoms with Gasteiger partial charge in [0.2, 0.25) is 6.10 Å². The maximum atomic E-state index is 11.9. The highest BCUT2D eigenvalue weighted by Gasteiger charge is 2.30. The largest absolute Gasteiger partial charge is 0.486 e. The molecule has 2 aliphatic heterocycles. The SMILES string of the molecule is O=C(O[C@H]1CCOC1=O)c1ccc2c(c1)OCCO2. The van der Waals surface area contributed by atoms with Crippen molar-refractivity contribution in [2.75, 3.05) is 19.8 Å². The maximum Gasteiger partial charge on any atom is 0.347 e. The number of rotatable bonds is 2. The molecular formula is C13H12O6. The Balaban J connectivity index is 1.74. The molecule has 2 heterocycles. The first-order valence-electron chi connectivity index (χ1n) is 6.01. The molecular weight excluding hydrogens is 252 g/mol.